The maximum Gasteiger partial charge on any atom is 0.255 e. The Morgan fingerprint density at radius 3 is 2.78 bits per heavy atom. The monoisotopic (exact) mass is 368 g/mol. The van der Waals surface area contributed by atoms with Gasteiger partial charge in [-0.25, -0.2) is 0 Å². The summed E-state index contributed by atoms with van der Waals surface area (Å²) in [6.07, 6.45) is 1.36. The average Bonchev–Trinajstić information content (AvgIpc) is 2.71. The Bertz CT molecular complexity index is 792. The number of carbonyl (C=O) groups excluding carboxylic acids is 2. The van der Waals surface area contributed by atoms with E-state index in [0.29, 0.717) is 37.4 Å². The number of anilines is 1. The van der Waals surface area contributed by atoms with Crippen LogP contribution in [0.5, 0.6) is 5.75 Å². The smallest absolute Gasteiger partial charge is 0.255 e. The molecular formula is C21H24N2O4. The summed E-state index contributed by atoms with van der Waals surface area (Å²) in [6, 6.07) is 14.6. The van der Waals surface area contributed by atoms with Gasteiger partial charge in [-0.1, -0.05) is 18.2 Å². The van der Waals surface area contributed by atoms with Gasteiger partial charge in [-0.3, -0.25) is 9.59 Å². The van der Waals surface area contributed by atoms with E-state index in [9.17, 15) is 9.59 Å². The number of hydrogen-bond acceptors (Lipinski definition) is 4. The molecule has 2 aromatic carbocycles. The Labute approximate surface area is 158 Å². The van der Waals surface area contributed by atoms with E-state index in [4.69, 9.17) is 9.47 Å². The molecule has 3 rings (SSSR count). The lowest BCUT2D eigenvalue weighted by molar-refractivity contribution is -0.126. The predicted molar refractivity (Wildman–Crippen MR) is 103 cm³/mol. The Balaban J connectivity index is 1.61. The van der Waals surface area contributed by atoms with Crippen LogP contribution in [0.15, 0.2) is 48.5 Å². The molecule has 0 saturated carbocycles. The Morgan fingerprint density at radius 2 is 2.00 bits per heavy atom. The number of methoxy groups -OCH3 is 1. The van der Waals surface area contributed by atoms with Crippen LogP contribution in [0.3, 0.4) is 0 Å². The molecule has 0 fully saturated rings. The Kier molecular flexibility index (Phi) is 6.44. The minimum Gasteiger partial charge on any atom is -0.492 e. The van der Waals surface area contributed by atoms with Gasteiger partial charge in [0.2, 0.25) is 5.91 Å². The van der Waals surface area contributed by atoms with Gasteiger partial charge in [0.1, 0.15) is 12.4 Å². The van der Waals surface area contributed by atoms with Crippen LogP contribution in [-0.4, -0.2) is 38.7 Å². The van der Waals surface area contributed by atoms with Crippen LogP contribution in [0.2, 0.25) is 0 Å². The lowest BCUT2D eigenvalue weighted by atomic mass is 9.95. The van der Waals surface area contributed by atoms with E-state index in [2.05, 4.69) is 10.6 Å². The molecule has 0 aliphatic carbocycles. The zero-order chi connectivity index (χ0) is 19.1. The quantitative estimate of drug-likeness (QED) is 0.737. The summed E-state index contributed by atoms with van der Waals surface area (Å²) < 4.78 is 10.7. The van der Waals surface area contributed by atoms with E-state index in [1.54, 1.807) is 19.2 Å². The van der Waals surface area contributed by atoms with Crippen molar-refractivity contribution >= 4 is 17.5 Å². The van der Waals surface area contributed by atoms with Crippen molar-refractivity contribution < 1.29 is 19.1 Å². The Hall–Kier alpha value is -2.86. The number of amides is 2. The molecule has 1 aliphatic heterocycles. The Morgan fingerprint density at radius 1 is 1.19 bits per heavy atom. The third-order valence-corrected chi connectivity index (χ3v) is 4.46. The second kappa shape index (κ2) is 9.19. The summed E-state index contributed by atoms with van der Waals surface area (Å²) in [4.78, 5) is 24.6. The molecule has 0 spiro atoms. The first-order valence-electron chi connectivity index (χ1n) is 9.06. The predicted octanol–water partition coefficient (Wildman–Crippen LogP) is 2.64. The molecule has 6 heteroatoms. The number of rotatable bonds is 7. The fourth-order valence-corrected chi connectivity index (χ4v) is 3.01. The first-order valence-corrected chi connectivity index (χ1v) is 9.06. The SMILES string of the molecule is COCCCNC(=O)C1COc2ccc(NC(=O)c3ccccc3)cc2C1. The van der Waals surface area contributed by atoms with E-state index in [1.165, 1.54) is 0 Å². The minimum absolute atomic E-state index is 0.0181. The second-order valence-corrected chi connectivity index (χ2v) is 6.49. The van der Waals surface area contributed by atoms with Gasteiger partial charge in [0.15, 0.2) is 0 Å². The fourth-order valence-electron chi connectivity index (χ4n) is 3.01. The topological polar surface area (TPSA) is 76.7 Å². The highest BCUT2D eigenvalue weighted by Gasteiger charge is 2.26. The van der Waals surface area contributed by atoms with Crippen molar-refractivity contribution in [3.8, 4) is 5.75 Å². The first-order chi connectivity index (χ1) is 13.2. The largest absolute Gasteiger partial charge is 0.492 e. The molecule has 1 aliphatic rings. The third-order valence-electron chi connectivity index (χ3n) is 4.46. The number of carbonyl (C=O) groups is 2. The van der Waals surface area contributed by atoms with Crippen LogP contribution in [0.1, 0.15) is 22.3 Å². The van der Waals surface area contributed by atoms with Gasteiger partial charge in [-0.15, -0.1) is 0 Å². The first kappa shape index (κ1) is 18.9. The summed E-state index contributed by atoms with van der Waals surface area (Å²) in [6.45, 7) is 1.57. The van der Waals surface area contributed by atoms with Gasteiger partial charge in [-0.05, 0) is 48.7 Å². The van der Waals surface area contributed by atoms with Crippen molar-refractivity contribution in [1.82, 2.24) is 5.32 Å². The van der Waals surface area contributed by atoms with E-state index < -0.39 is 0 Å². The number of nitrogens with one attached hydrogen (secondary N) is 2. The van der Waals surface area contributed by atoms with E-state index in [-0.39, 0.29) is 17.7 Å². The molecule has 0 bridgehead atoms. The highest BCUT2D eigenvalue weighted by atomic mass is 16.5. The van der Waals surface area contributed by atoms with Crippen LogP contribution in [0, 0.1) is 5.92 Å². The second-order valence-electron chi connectivity index (χ2n) is 6.49. The van der Waals surface area contributed by atoms with Crippen LogP contribution in [-0.2, 0) is 16.0 Å². The third kappa shape index (κ3) is 5.08. The summed E-state index contributed by atoms with van der Waals surface area (Å²) >= 11 is 0. The maximum atomic E-state index is 12.3. The van der Waals surface area contributed by atoms with Crippen molar-refractivity contribution in [3.63, 3.8) is 0 Å². The van der Waals surface area contributed by atoms with Crippen molar-refractivity contribution in [3.05, 3.63) is 59.7 Å². The van der Waals surface area contributed by atoms with Crippen LogP contribution in [0.4, 0.5) is 5.69 Å². The molecule has 0 radical (unpaired) electrons. The summed E-state index contributed by atoms with van der Waals surface area (Å²) in [7, 11) is 1.64. The van der Waals surface area contributed by atoms with E-state index in [1.807, 2.05) is 36.4 Å². The van der Waals surface area contributed by atoms with Crippen molar-refractivity contribution in [1.29, 1.82) is 0 Å². The summed E-state index contributed by atoms with van der Waals surface area (Å²) in [5, 5.41) is 5.81. The average molecular weight is 368 g/mol. The van der Waals surface area contributed by atoms with Gasteiger partial charge in [0.25, 0.3) is 5.91 Å². The van der Waals surface area contributed by atoms with E-state index >= 15 is 0 Å². The molecule has 2 amide bonds. The normalized spacial score (nSPS) is 15.4. The summed E-state index contributed by atoms with van der Waals surface area (Å²) in [5.41, 5.74) is 2.20. The molecular weight excluding hydrogens is 344 g/mol. The van der Waals surface area contributed by atoms with Crippen molar-refractivity contribution in [2.45, 2.75) is 12.8 Å². The molecule has 142 valence electrons. The maximum absolute atomic E-state index is 12.3. The lowest BCUT2D eigenvalue weighted by Gasteiger charge is -2.25. The lowest BCUT2D eigenvalue weighted by Crippen LogP contribution is -2.38. The molecule has 1 heterocycles. The molecule has 1 unspecified atom stereocenters. The molecule has 6 nitrogen and oxygen atoms in total. The zero-order valence-electron chi connectivity index (χ0n) is 15.4. The highest BCUT2D eigenvalue weighted by molar-refractivity contribution is 6.04. The highest BCUT2D eigenvalue weighted by Crippen LogP contribution is 2.30. The van der Waals surface area contributed by atoms with Gasteiger partial charge < -0.3 is 20.1 Å². The van der Waals surface area contributed by atoms with Crippen molar-refractivity contribution in [2.24, 2.45) is 5.92 Å². The molecule has 0 saturated heterocycles. The number of hydrogen-bond donors (Lipinski definition) is 2. The van der Waals surface area contributed by atoms with Gasteiger partial charge in [0, 0.05) is 31.5 Å². The van der Waals surface area contributed by atoms with Crippen molar-refractivity contribution in [2.75, 3.05) is 32.2 Å². The molecule has 0 aromatic heterocycles. The van der Waals surface area contributed by atoms with Gasteiger partial charge in [0.05, 0.1) is 5.92 Å². The van der Waals surface area contributed by atoms with Gasteiger partial charge in [-0.2, -0.15) is 0 Å². The minimum atomic E-state index is -0.236. The fraction of sp³-hybridized carbons (Fsp3) is 0.333. The van der Waals surface area contributed by atoms with Gasteiger partial charge >= 0.3 is 0 Å². The van der Waals surface area contributed by atoms with Crippen LogP contribution >= 0.6 is 0 Å². The van der Waals surface area contributed by atoms with Crippen LogP contribution in [0.25, 0.3) is 0 Å². The van der Waals surface area contributed by atoms with Crippen LogP contribution < -0.4 is 15.4 Å². The zero-order valence-corrected chi connectivity index (χ0v) is 15.4. The molecule has 2 N–H and O–H groups in total. The number of ether oxygens (including phenoxy) is 2. The molecule has 27 heavy (non-hydrogen) atoms. The van der Waals surface area contributed by atoms with E-state index in [0.717, 1.165) is 17.7 Å². The molecule has 1 atom stereocenters. The summed E-state index contributed by atoms with van der Waals surface area (Å²) in [5.74, 6) is 0.339. The standard InChI is InChI=1S/C21H24N2O4/c1-26-11-5-10-22-20(24)17-12-16-13-18(8-9-19(16)27-14-17)23-21(25)15-6-3-2-4-7-15/h2-4,6-9,13,17H,5,10-12,14H2,1H3,(H,22,24)(H,23,25). The molecule has 2 aromatic rings. The number of fused-ring (bicyclic) bond motifs is 1. The number of benzene rings is 2.